The van der Waals surface area contributed by atoms with E-state index in [-0.39, 0.29) is 0 Å². The molecule has 1 aromatic carbocycles. The summed E-state index contributed by atoms with van der Waals surface area (Å²) < 4.78 is 0. The number of hydrogen-bond donors (Lipinski definition) is 0. The molecule has 1 aromatic rings. The molecule has 0 fully saturated rings. The van der Waals surface area contributed by atoms with Gasteiger partial charge in [-0.25, -0.2) is 0 Å². The van der Waals surface area contributed by atoms with E-state index in [1.165, 1.54) is 11.1 Å². The van der Waals surface area contributed by atoms with Gasteiger partial charge in [-0.1, -0.05) is 72.9 Å². The summed E-state index contributed by atoms with van der Waals surface area (Å²) in [5, 5.41) is 1.61. The van der Waals surface area contributed by atoms with Crippen molar-refractivity contribution in [3.8, 4) is 0 Å². The van der Waals surface area contributed by atoms with Gasteiger partial charge in [-0.15, -0.1) is 0 Å². The van der Waals surface area contributed by atoms with Gasteiger partial charge in [-0.2, -0.15) is 0 Å². The topological polar surface area (TPSA) is 0 Å². The Morgan fingerprint density at radius 1 is 1.18 bits per heavy atom. The Morgan fingerprint density at radius 2 is 1.94 bits per heavy atom. The summed E-state index contributed by atoms with van der Waals surface area (Å²) in [6.07, 6.45) is 8.35. The lowest BCUT2D eigenvalue weighted by molar-refractivity contribution is 0.814. The predicted octanol–water partition coefficient (Wildman–Crippen LogP) is 4.53. The van der Waals surface area contributed by atoms with Crippen molar-refractivity contribution in [2.24, 2.45) is 5.92 Å². The minimum Gasteiger partial charge on any atom is -0.0780 e. The molecule has 1 heteroatoms. The van der Waals surface area contributed by atoms with Gasteiger partial charge in [0.1, 0.15) is 0 Å². The molecule has 2 rings (SSSR count). The van der Waals surface area contributed by atoms with E-state index < -0.39 is 8.07 Å². The molecule has 1 atom stereocenters. The molecule has 0 heterocycles. The molecule has 0 N–H and O–H groups in total. The molecule has 0 spiro atoms. The molecule has 0 amide bonds. The highest BCUT2D eigenvalue weighted by molar-refractivity contribution is 6.83. The standard InChI is InChI=1S/C16H22Si/c1-13-6-5-7-14(10-13)11-15-8-9-16(12-15)17(2,3)4/h5-10,12,15H,11H2,1-4H3. The molecule has 0 bridgehead atoms. The summed E-state index contributed by atoms with van der Waals surface area (Å²) in [6.45, 7) is 9.41. The number of allylic oxidation sites excluding steroid dienone is 4. The summed E-state index contributed by atoms with van der Waals surface area (Å²) in [6, 6.07) is 8.86. The fourth-order valence-electron chi connectivity index (χ4n) is 2.31. The Kier molecular flexibility index (Phi) is 3.39. The minimum atomic E-state index is -1.12. The highest BCUT2D eigenvalue weighted by atomic mass is 28.3. The lowest BCUT2D eigenvalue weighted by Crippen LogP contribution is -2.22. The largest absolute Gasteiger partial charge is 0.0780 e. The van der Waals surface area contributed by atoms with Crippen molar-refractivity contribution in [3.63, 3.8) is 0 Å². The minimum absolute atomic E-state index is 0.610. The van der Waals surface area contributed by atoms with E-state index in [1.807, 2.05) is 0 Å². The first-order valence-corrected chi connectivity index (χ1v) is 9.91. The molecule has 0 aromatic heterocycles. The van der Waals surface area contributed by atoms with Crippen LogP contribution in [-0.2, 0) is 6.42 Å². The van der Waals surface area contributed by atoms with Crippen molar-refractivity contribution in [3.05, 3.63) is 58.8 Å². The number of rotatable bonds is 3. The molecule has 17 heavy (non-hydrogen) atoms. The Balaban J connectivity index is 2.08. The second kappa shape index (κ2) is 4.65. The van der Waals surface area contributed by atoms with Gasteiger partial charge in [-0.3, -0.25) is 0 Å². The summed E-state index contributed by atoms with van der Waals surface area (Å²) in [5.74, 6) is 0.610. The molecule has 0 radical (unpaired) electrons. The second-order valence-corrected chi connectivity index (χ2v) is 11.2. The van der Waals surface area contributed by atoms with Crippen LogP contribution in [0.2, 0.25) is 19.6 Å². The summed E-state index contributed by atoms with van der Waals surface area (Å²) in [5.41, 5.74) is 2.81. The fourth-order valence-corrected chi connectivity index (χ4v) is 3.62. The van der Waals surface area contributed by atoms with Crippen molar-refractivity contribution < 1.29 is 0 Å². The fraction of sp³-hybridized carbons (Fsp3) is 0.375. The SMILES string of the molecule is Cc1cccc(CC2C=CC([Si](C)(C)C)=C2)c1. The highest BCUT2D eigenvalue weighted by Crippen LogP contribution is 2.26. The zero-order valence-corrected chi connectivity index (χ0v) is 12.3. The zero-order chi connectivity index (χ0) is 12.5. The van der Waals surface area contributed by atoms with Crippen LogP contribution in [0.4, 0.5) is 0 Å². The first-order chi connectivity index (χ1) is 7.95. The Bertz CT molecular complexity index is 461. The van der Waals surface area contributed by atoms with Crippen LogP contribution in [0.3, 0.4) is 0 Å². The predicted molar refractivity (Wildman–Crippen MR) is 78.9 cm³/mol. The summed E-state index contributed by atoms with van der Waals surface area (Å²) >= 11 is 0. The Labute approximate surface area is 106 Å². The average Bonchev–Trinajstić information content (AvgIpc) is 2.65. The van der Waals surface area contributed by atoms with E-state index in [9.17, 15) is 0 Å². The molecule has 0 saturated carbocycles. The highest BCUT2D eigenvalue weighted by Gasteiger charge is 2.21. The second-order valence-electron chi connectivity index (χ2n) is 6.09. The van der Waals surface area contributed by atoms with Crippen LogP contribution in [0.1, 0.15) is 11.1 Å². The monoisotopic (exact) mass is 242 g/mol. The van der Waals surface area contributed by atoms with Gasteiger partial charge in [0.25, 0.3) is 0 Å². The van der Waals surface area contributed by atoms with E-state index in [2.05, 4.69) is 69.1 Å². The molecular formula is C16H22Si. The normalized spacial score (nSPS) is 19.5. The lowest BCUT2D eigenvalue weighted by atomic mass is 10.00. The van der Waals surface area contributed by atoms with Crippen LogP contribution in [0.5, 0.6) is 0 Å². The lowest BCUT2D eigenvalue weighted by Gasteiger charge is -2.16. The maximum Gasteiger partial charge on any atom is 0.0771 e. The van der Waals surface area contributed by atoms with Crippen LogP contribution in [-0.4, -0.2) is 8.07 Å². The molecule has 90 valence electrons. The number of hydrogen-bond acceptors (Lipinski definition) is 0. The quantitative estimate of drug-likeness (QED) is 0.683. The summed E-state index contributed by atoms with van der Waals surface area (Å²) in [4.78, 5) is 0. The molecule has 1 aliphatic carbocycles. The Hall–Kier alpha value is -1.08. The molecule has 1 aliphatic rings. The third-order valence-corrected chi connectivity index (χ3v) is 5.40. The zero-order valence-electron chi connectivity index (χ0n) is 11.3. The van der Waals surface area contributed by atoms with Crippen LogP contribution >= 0.6 is 0 Å². The molecular weight excluding hydrogens is 220 g/mol. The van der Waals surface area contributed by atoms with E-state index in [0.29, 0.717) is 5.92 Å². The van der Waals surface area contributed by atoms with Crippen LogP contribution in [0, 0.1) is 12.8 Å². The number of benzene rings is 1. The molecule has 0 saturated heterocycles. The van der Waals surface area contributed by atoms with Crippen molar-refractivity contribution >= 4 is 8.07 Å². The molecule has 0 aliphatic heterocycles. The number of aryl methyl sites for hydroxylation is 1. The van der Waals surface area contributed by atoms with Gasteiger partial charge in [0, 0.05) is 0 Å². The van der Waals surface area contributed by atoms with Gasteiger partial charge < -0.3 is 0 Å². The van der Waals surface area contributed by atoms with Crippen molar-refractivity contribution in [2.75, 3.05) is 0 Å². The van der Waals surface area contributed by atoms with Crippen molar-refractivity contribution in [1.29, 1.82) is 0 Å². The summed E-state index contributed by atoms with van der Waals surface area (Å²) in [7, 11) is -1.12. The Morgan fingerprint density at radius 3 is 2.53 bits per heavy atom. The maximum atomic E-state index is 2.48. The first kappa shape index (κ1) is 12.4. The smallest absolute Gasteiger partial charge is 0.0771 e. The van der Waals surface area contributed by atoms with E-state index in [0.717, 1.165) is 6.42 Å². The van der Waals surface area contributed by atoms with Gasteiger partial charge >= 0.3 is 0 Å². The molecule has 0 nitrogen and oxygen atoms in total. The average molecular weight is 242 g/mol. The van der Waals surface area contributed by atoms with Crippen LogP contribution in [0.15, 0.2) is 47.7 Å². The van der Waals surface area contributed by atoms with Crippen LogP contribution < -0.4 is 0 Å². The third-order valence-electron chi connectivity index (χ3n) is 3.34. The van der Waals surface area contributed by atoms with Gasteiger partial charge in [0.05, 0.1) is 8.07 Å². The van der Waals surface area contributed by atoms with Gasteiger partial charge in [0.15, 0.2) is 0 Å². The van der Waals surface area contributed by atoms with Crippen molar-refractivity contribution in [2.45, 2.75) is 33.0 Å². The van der Waals surface area contributed by atoms with Gasteiger partial charge in [-0.05, 0) is 24.8 Å². The molecule has 1 unspecified atom stereocenters. The van der Waals surface area contributed by atoms with E-state index in [4.69, 9.17) is 0 Å². The van der Waals surface area contributed by atoms with E-state index >= 15 is 0 Å². The third kappa shape index (κ3) is 3.19. The van der Waals surface area contributed by atoms with E-state index in [1.54, 1.807) is 5.20 Å². The first-order valence-electron chi connectivity index (χ1n) is 6.41. The van der Waals surface area contributed by atoms with Gasteiger partial charge in [0.2, 0.25) is 0 Å². The van der Waals surface area contributed by atoms with Crippen LogP contribution in [0.25, 0.3) is 0 Å². The van der Waals surface area contributed by atoms with Crippen molar-refractivity contribution in [1.82, 2.24) is 0 Å². The maximum absolute atomic E-state index is 2.48.